The van der Waals surface area contributed by atoms with E-state index in [4.69, 9.17) is 42.0 Å². The molecule has 0 amide bonds. The van der Waals surface area contributed by atoms with Crippen molar-refractivity contribution >= 4 is 54.0 Å². The number of rotatable bonds is 0. The van der Waals surface area contributed by atoms with Crippen LogP contribution >= 0.6 is 0 Å². The van der Waals surface area contributed by atoms with Gasteiger partial charge in [0.15, 0.2) is 0 Å². The number of quaternary nitrogens is 2. The first-order valence-corrected chi connectivity index (χ1v) is 4.31. The first kappa shape index (κ1) is 105. The van der Waals surface area contributed by atoms with Gasteiger partial charge in [-0.25, -0.2) is 0 Å². The molecule has 0 unspecified atom stereocenters. The Morgan fingerprint density at radius 2 is 0.385 bits per heavy atom. The van der Waals surface area contributed by atoms with Crippen LogP contribution in [0, 0.1) is 19.6 Å². The summed E-state index contributed by atoms with van der Waals surface area (Å²) in [5.41, 5.74) is 23.0. The van der Waals surface area contributed by atoms with Crippen molar-refractivity contribution in [2.45, 2.75) is 0 Å². The normalized spacial score (nSPS) is 5.23. The van der Waals surface area contributed by atoms with Crippen molar-refractivity contribution in [1.82, 2.24) is 22.4 Å². The third-order valence-corrected chi connectivity index (χ3v) is 0. The molecule has 0 aromatic rings. The van der Waals surface area contributed by atoms with Gasteiger partial charge in [0.1, 0.15) is 22.4 Å². The molecule has 0 aliphatic rings. The third-order valence-electron chi connectivity index (χ3n) is 0. The fourth-order valence-corrected chi connectivity index (χ4v) is 0. The molecule has 0 atom stereocenters. The van der Waals surface area contributed by atoms with Gasteiger partial charge >= 0.3 is 34.1 Å². The van der Waals surface area contributed by atoms with Gasteiger partial charge in [0.05, 0.1) is 56.4 Å². The van der Waals surface area contributed by atoms with Crippen LogP contribution in [0.15, 0.2) is 0 Å². The Kier molecular flexibility index (Phi) is 378. The van der Waals surface area contributed by atoms with E-state index in [1.165, 1.54) is 0 Å². The number of nitroso groups, excluding NO2 is 4. The van der Waals surface area contributed by atoms with E-state index in [-0.39, 0.29) is 122 Å². The van der Waals surface area contributed by atoms with Crippen LogP contribution in [0.5, 0.6) is 0 Å². The fourth-order valence-electron chi connectivity index (χ4n) is 0. The standard InChI is InChI=1S/2C4H12N.4Fe.4NO.4S/c2*1-5(2,3)4;;;;;4*1-2;;;;/h2*1-4H3;;;;;;;;;;;;/q2*+1;;;2*+2;;;;;4*-2. The molecule has 0 saturated carbocycles. The van der Waals surface area contributed by atoms with Crippen LogP contribution in [0.1, 0.15) is 0 Å². The summed E-state index contributed by atoms with van der Waals surface area (Å²) >= 11 is 0. The second-order valence-electron chi connectivity index (χ2n) is 5.37. The molecule has 0 rings (SSSR count). The predicted octanol–water partition coefficient (Wildman–Crippen LogP) is -1.16. The summed E-state index contributed by atoms with van der Waals surface area (Å²) in [6, 6.07) is 0. The minimum atomic E-state index is 0. The molecule has 0 N–H and O–H groups in total. The maximum Gasteiger partial charge on any atom is 2.00 e. The maximum absolute atomic E-state index is 7.25. The van der Waals surface area contributed by atoms with Crippen LogP contribution < -0.4 is 22.4 Å². The zero-order chi connectivity index (χ0) is 17.0. The van der Waals surface area contributed by atoms with Gasteiger partial charge < -0.3 is 62.9 Å². The summed E-state index contributed by atoms with van der Waals surface area (Å²) in [5.74, 6) is 0. The molecule has 26 heavy (non-hydrogen) atoms. The van der Waals surface area contributed by atoms with Crippen LogP contribution in [0.4, 0.5) is 0 Å². The molecule has 0 saturated heterocycles. The van der Waals surface area contributed by atoms with Crippen LogP contribution in [-0.4, -0.2) is 65.3 Å². The molecule has 0 aliphatic heterocycles. The van der Waals surface area contributed by atoms with Gasteiger partial charge in [0.25, 0.3) is 0 Å². The topological polar surface area (TPSA) is 157 Å². The van der Waals surface area contributed by atoms with E-state index < -0.39 is 0 Å². The Morgan fingerprint density at radius 3 is 0.385 bits per heavy atom. The Balaban J connectivity index is -0.00000000548. The zero-order valence-electron chi connectivity index (χ0n) is 15.4. The van der Waals surface area contributed by atoms with Gasteiger partial charge in [-0.15, -0.1) is 19.6 Å². The van der Waals surface area contributed by atoms with Gasteiger partial charge in [0, 0.05) is 34.1 Å². The summed E-state index contributed by atoms with van der Waals surface area (Å²) in [6.07, 6.45) is 0. The first-order chi connectivity index (χ1) is 8.00. The molecule has 168 valence electrons. The van der Waals surface area contributed by atoms with E-state index in [0.717, 1.165) is 8.97 Å². The summed E-state index contributed by atoms with van der Waals surface area (Å²) in [7, 11) is 17.0. The summed E-state index contributed by atoms with van der Waals surface area (Å²) < 4.78 is 2.00. The van der Waals surface area contributed by atoms with Crippen molar-refractivity contribution in [1.29, 1.82) is 0 Å². The average Bonchev–Trinajstić information content (AvgIpc) is 2.24. The van der Waals surface area contributed by atoms with Crippen LogP contribution in [0.25, 0.3) is 0 Å². The molecule has 0 fully saturated rings. The van der Waals surface area contributed by atoms with Crippen LogP contribution in [0.3, 0.4) is 0 Å². The van der Waals surface area contributed by atoms with Crippen molar-refractivity contribution in [3.05, 3.63) is 19.6 Å². The van der Waals surface area contributed by atoms with E-state index in [0.29, 0.717) is 0 Å². The van der Waals surface area contributed by atoms with Crippen molar-refractivity contribution in [3.8, 4) is 0 Å². The second kappa shape index (κ2) is 93.7. The summed E-state index contributed by atoms with van der Waals surface area (Å²) in [5, 5.41) is 0. The quantitative estimate of drug-likeness (QED) is 0.247. The molecule has 0 aliphatic carbocycles. The Morgan fingerprint density at radius 1 is 0.385 bits per heavy atom. The van der Waals surface area contributed by atoms with Crippen molar-refractivity contribution in [2.75, 3.05) is 56.4 Å². The first-order valence-electron chi connectivity index (χ1n) is 4.31. The molecule has 0 aromatic carbocycles. The van der Waals surface area contributed by atoms with Gasteiger partial charge in [0.2, 0.25) is 0 Å². The molecule has 4 radical (unpaired) electrons. The van der Waals surface area contributed by atoms with Crippen LogP contribution in [-0.2, 0) is 122 Å². The van der Waals surface area contributed by atoms with E-state index in [2.05, 4.69) is 56.4 Å². The minimum Gasteiger partial charge on any atom is -2.00 e. The molecular weight excluding hydrogens is 596 g/mol. The van der Waals surface area contributed by atoms with E-state index in [1.54, 1.807) is 0 Å². The molecular formula is C8H24Fe4N6O4S4-2. The maximum atomic E-state index is 7.25. The van der Waals surface area contributed by atoms with Crippen LogP contribution in [0.2, 0.25) is 0 Å². The largest absolute Gasteiger partial charge is 2.00 e. The Hall–Kier alpha value is 1.80. The van der Waals surface area contributed by atoms with Gasteiger partial charge in [-0.1, -0.05) is 0 Å². The number of hydrogen-bond acceptors (Lipinski definition) is 4. The minimum absolute atomic E-state index is 0. The van der Waals surface area contributed by atoms with Gasteiger partial charge in [-0.2, -0.15) is 0 Å². The SMILES string of the molecule is C[N+](C)(C)C.C[N+](C)(C)C.[Fe+2].[Fe+2].[Fe].[Fe].[N]=O.[N]=O.[N]=O.[N]=O.[S-2].[S-2].[S-2].[S-2]. The molecule has 18 heteroatoms. The molecule has 0 spiro atoms. The number of nitrogens with zero attached hydrogens (tertiary/aromatic N) is 6. The Labute approximate surface area is 227 Å². The van der Waals surface area contributed by atoms with Gasteiger partial charge in [-0.05, 0) is 0 Å². The van der Waals surface area contributed by atoms with Gasteiger partial charge in [-0.3, -0.25) is 0 Å². The third kappa shape index (κ3) is 4910. The van der Waals surface area contributed by atoms with E-state index >= 15 is 0 Å². The van der Waals surface area contributed by atoms with E-state index in [9.17, 15) is 0 Å². The molecule has 0 bridgehead atoms. The van der Waals surface area contributed by atoms with Crippen molar-refractivity contribution in [2.24, 2.45) is 0 Å². The number of hydrogen-bond donors (Lipinski definition) is 0. The molecule has 0 heterocycles. The van der Waals surface area contributed by atoms with Crippen molar-refractivity contribution in [3.63, 3.8) is 0 Å². The Bertz CT molecular complexity index is 136. The molecule has 0 aromatic heterocycles. The molecule has 10 nitrogen and oxygen atoms in total. The average molecular weight is 620 g/mol. The van der Waals surface area contributed by atoms with Crippen molar-refractivity contribution < 1.29 is 77.2 Å². The fraction of sp³-hybridized carbons (Fsp3) is 1.00. The summed E-state index contributed by atoms with van der Waals surface area (Å²) in [4.78, 5) is 29.0. The summed E-state index contributed by atoms with van der Waals surface area (Å²) in [6.45, 7) is 0. The second-order valence-corrected chi connectivity index (χ2v) is 5.37. The van der Waals surface area contributed by atoms with E-state index in [1.807, 2.05) is 0 Å². The smallest absolute Gasteiger partial charge is 2.00 e. The monoisotopic (exact) mass is 620 g/mol. The predicted molar refractivity (Wildman–Crippen MR) is 99.4 cm³/mol. The zero-order valence-corrected chi connectivity index (χ0v) is 23.0.